The number of esters is 1. The smallest absolute Gasteiger partial charge is 0.338 e. The first-order valence-electron chi connectivity index (χ1n) is 7.24. The van der Waals surface area contributed by atoms with Crippen molar-refractivity contribution in [1.29, 1.82) is 0 Å². The molecule has 4 nitrogen and oxygen atoms in total. The van der Waals surface area contributed by atoms with Crippen LogP contribution in [0.2, 0.25) is 0 Å². The molecule has 2 aromatic carbocycles. The van der Waals surface area contributed by atoms with Gasteiger partial charge in [0.2, 0.25) is 0 Å². The van der Waals surface area contributed by atoms with Crippen LogP contribution in [0.1, 0.15) is 34.5 Å². The van der Waals surface area contributed by atoms with E-state index in [0.29, 0.717) is 0 Å². The number of benzene rings is 2. The number of hydrogen-bond acceptors (Lipinski definition) is 3. The Balaban J connectivity index is 1.85. The third-order valence-corrected chi connectivity index (χ3v) is 3.35. The molecule has 0 saturated heterocycles. The van der Waals surface area contributed by atoms with E-state index >= 15 is 0 Å². The van der Waals surface area contributed by atoms with Gasteiger partial charge in [-0.1, -0.05) is 35.9 Å². The van der Waals surface area contributed by atoms with Crippen molar-refractivity contribution in [2.45, 2.75) is 19.9 Å². The van der Waals surface area contributed by atoms with Gasteiger partial charge < -0.3 is 10.1 Å². The molecule has 1 amide bonds. The van der Waals surface area contributed by atoms with E-state index in [2.05, 4.69) is 5.32 Å². The van der Waals surface area contributed by atoms with Crippen LogP contribution in [0.4, 0.5) is 4.39 Å². The lowest BCUT2D eigenvalue weighted by atomic mass is 10.1. The summed E-state index contributed by atoms with van der Waals surface area (Å²) in [4.78, 5) is 23.6. The van der Waals surface area contributed by atoms with Gasteiger partial charge in [-0.25, -0.2) is 9.18 Å². The average Bonchev–Trinajstić information content (AvgIpc) is 2.53. The first-order chi connectivity index (χ1) is 11.0. The van der Waals surface area contributed by atoms with E-state index in [-0.39, 0.29) is 11.6 Å². The normalized spacial score (nSPS) is 11.6. The van der Waals surface area contributed by atoms with E-state index in [4.69, 9.17) is 4.74 Å². The predicted molar refractivity (Wildman–Crippen MR) is 84.4 cm³/mol. The molecule has 0 fully saturated rings. The maximum absolute atomic E-state index is 13.0. The largest absolute Gasteiger partial charge is 0.452 e. The minimum Gasteiger partial charge on any atom is -0.452 e. The van der Waals surface area contributed by atoms with Crippen LogP contribution in [-0.2, 0) is 9.53 Å². The Labute approximate surface area is 134 Å². The van der Waals surface area contributed by atoms with Crippen molar-refractivity contribution in [3.63, 3.8) is 0 Å². The van der Waals surface area contributed by atoms with Gasteiger partial charge in [0.1, 0.15) is 5.82 Å². The van der Waals surface area contributed by atoms with Gasteiger partial charge in [-0.2, -0.15) is 0 Å². The van der Waals surface area contributed by atoms with Crippen LogP contribution in [0, 0.1) is 12.7 Å². The molecule has 1 atom stereocenters. The molecule has 0 aliphatic heterocycles. The second kappa shape index (κ2) is 7.54. The fourth-order valence-electron chi connectivity index (χ4n) is 2.05. The minimum absolute atomic E-state index is 0.0735. The fourth-order valence-corrected chi connectivity index (χ4v) is 2.05. The van der Waals surface area contributed by atoms with Crippen molar-refractivity contribution in [1.82, 2.24) is 5.32 Å². The molecule has 2 rings (SSSR count). The van der Waals surface area contributed by atoms with E-state index in [0.717, 1.165) is 17.2 Å². The highest BCUT2D eigenvalue weighted by Gasteiger charge is 2.13. The number of ether oxygens (including phenoxy) is 1. The van der Waals surface area contributed by atoms with Gasteiger partial charge in [0.05, 0.1) is 11.6 Å². The van der Waals surface area contributed by atoms with E-state index in [9.17, 15) is 14.0 Å². The maximum atomic E-state index is 13.0. The van der Waals surface area contributed by atoms with Crippen LogP contribution in [-0.4, -0.2) is 18.5 Å². The Kier molecular flexibility index (Phi) is 5.46. The molecule has 0 aliphatic rings. The molecule has 0 aliphatic carbocycles. The quantitative estimate of drug-likeness (QED) is 0.862. The molecule has 5 heteroatoms. The number of rotatable bonds is 5. The molecule has 0 aromatic heterocycles. The number of halogens is 1. The highest BCUT2D eigenvalue weighted by atomic mass is 19.1. The summed E-state index contributed by atoms with van der Waals surface area (Å²) in [5, 5.41) is 2.74. The fraction of sp³-hybridized carbons (Fsp3) is 0.222. The molecule has 23 heavy (non-hydrogen) atoms. The van der Waals surface area contributed by atoms with Gasteiger partial charge in [0.15, 0.2) is 6.61 Å². The van der Waals surface area contributed by atoms with Gasteiger partial charge >= 0.3 is 5.97 Å². The zero-order valence-electron chi connectivity index (χ0n) is 13.0. The van der Waals surface area contributed by atoms with E-state index < -0.39 is 24.3 Å². The summed E-state index contributed by atoms with van der Waals surface area (Å²) in [5.41, 5.74) is 2.17. The molecule has 0 heterocycles. The van der Waals surface area contributed by atoms with Crippen molar-refractivity contribution < 1.29 is 18.7 Å². The zero-order valence-corrected chi connectivity index (χ0v) is 13.0. The molecule has 1 unspecified atom stereocenters. The summed E-state index contributed by atoms with van der Waals surface area (Å²) >= 11 is 0. The molecule has 0 saturated carbocycles. The monoisotopic (exact) mass is 315 g/mol. The highest BCUT2D eigenvalue weighted by Crippen LogP contribution is 2.13. The van der Waals surface area contributed by atoms with E-state index in [1.165, 1.54) is 18.2 Å². The number of carbonyl (C=O) groups excluding carboxylic acids is 2. The summed E-state index contributed by atoms with van der Waals surface area (Å²) < 4.78 is 17.9. The Hall–Kier alpha value is -2.69. The Bertz CT molecular complexity index is 698. The zero-order chi connectivity index (χ0) is 16.8. The third kappa shape index (κ3) is 4.92. The molecule has 120 valence electrons. The molecule has 0 spiro atoms. The molecular weight excluding hydrogens is 297 g/mol. The van der Waals surface area contributed by atoms with Crippen LogP contribution in [0.3, 0.4) is 0 Å². The van der Waals surface area contributed by atoms with Crippen LogP contribution in [0.25, 0.3) is 0 Å². The summed E-state index contributed by atoms with van der Waals surface area (Å²) in [5.74, 6) is -1.68. The van der Waals surface area contributed by atoms with Crippen LogP contribution >= 0.6 is 0 Å². The van der Waals surface area contributed by atoms with Crippen molar-refractivity contribution >= 4 is 11.9 Å². The van der Waals surface area contributed by atoms with Crippen LogP contribution < -0.4 is 5.32 Å². The Morgan fingerprint density at radius 3 is 2.52 bits per heavy atom. The molecule has 1 N–H and O–H groups in total. The summed E-state index contributed by atoms with van der Waals surface area (Å²) in [6, 6.07) is 12.7. The Morgan fingerprint density at radius 1 is 1.17 bits per heavy atom. The SMILES string of the molecule is Cc1ccc(C(C)NC(=O)COC(=O)c2cccc(F)c2)cc1. The standard InChI is InChI=1S/C18H18FNO3/c1-12-6-8-14(9-7-12)13(2)20-17(21)11-23-18(22)15-4-3-5-16(19)10-15/h3-10,13H,11H2,1-2H3,(H,20,21). The topological polar surface area (TPSA) is 55.4 Å². The van der Waals surface area contributed by atoms with E-state index in [1.54, 1.807) is 0 Å². The van der Waals surface area contributed by atoms with Crippen LogP contribution in [0.5, 0.6) is 0 Å². The number of nitrogens with one attached hydrogen (secondary N) is 1. The van der Waals surface area contributed by atoms with Gasteiger partial charge in [-0.05, 0) is 37.6 Å². The van der Waals surface area contributed by atoms with Gasteiger partial charge in [-0.3, -0.25) is 4.79 Å². The van der Waals surface area contributed by atoms with Gasteiger partial charge in [0, 0.05) is 0 Å². The van der Waals surface area contributed by atoms with Crippen molar-refractivity contribution in [3.05, 3.63) is 71.0 Å². The van der Waals surface area contributed by atoms with Gasteiger partial charge in [0.25, 0.3) is 5.91 Å². The molecular formula is C18H18FNO3. The lowest BCUT2D eigenvalue weighted by Crippen LogP contribution is -2.31. The second-order valence-corrected chi connectivity index (χ2v) is 5.29. The van der Waals surface area contributed by atoms with Crippen molar-refractivity contribution in [2.24, 2.45) is 0 Å². The van der Waals surface area contributed by atoms with Crippen LogP contribution in [0.15, 0.2) is 48.5 Å². The summed E-state index contributed by atoms with van der Waals surface area (Å²) in [6.45, 7) is 3.42. The highest BCUT2D eigenvalue weighted by molar-refractivity contribution is 5.91. The third-order valence-electron chi connectivity index (χ3n) is 3.35. The summed E-state index contributed by atoms with van der Waals surface area (Å²) in [7, 11) is 0. The number of hydrogen-bond donors (Lipinski definition) is 1. The van der Waals surface area contributed by atoms with Gasteiger partial charge in [-0.15, -0.1) is 0 Å². The first-order valence-corrected chi connectivity index (χ1v) is 7.24. The lowest BCUT2D eigenvalue weighted by molar-refractivity contribution is -0.124. The van der Waals surface area contributed by atoms with E-state index in [1.807, 2.05) is 38.1 Å². The maximum Gasteiger partial charge on any atom is 0.338 e. The van der Waals surface area contributed by atoms with Crippen molar-refractivity contribution in [3.8, 4) is 0 Å². The van der Waals surface area contributed by atoms with Crippen molar-refractivity contribution in [2.75, 3.05) is 6.61 Å². The molecule has 2 aromatic rings. The lowest BCUT2D eigenvalue weighted by Gasteiger charge is -2.14. The molecule has 0 radical (unpaired) electrons. The average molecular weight is 315 g/mol. The minimum atomic E-state index is -0.734. The molecule has 0 bridgehead atoms. The summed E-state index contributed by atoms with van der Waals surface area (Å²) in [6.07, 6.45) is 0. The predicted octanol–water partition coefficient (Wildman–Crippen LogP) is 3.17. The Morgan fingerprint density at radius 2 is 1.87 bits per heavy atom. The number of amides is 1. The number of carbonyl (C=O) groups is 2. The second-order valence-electron chi connectivity index (χ2n) is 5.29. The number of aryl methyl sites for hydroxylation is 1. The first kappa shape index (κ1) is 16.7.